The van der Waals surface area contributed by atoms with Crippen LogP contribution in [-0.4, -0.2) is 12.7 Å². The van der Waals surface area contributed by atoms with Crippen molar-refractivity contribution in [3.63, 3.8) is 0 Å². The molecule has 0 saturated heterocycles. The van der Waals surface area contributed by atoms with Gasteiger partial charge < -0.3 is 4.74 Å². The number of halogens is 2. The molecule has 3 aliphatic carbocycles. The summed E-state index contributed by atoms with van der Waals surface area (Å²) in [4.78, 5) is 0. The lowest BCUT2D eigenvalue weighted by Gasteiger charge is -2.42. The molecule has 1 nitrogen and oxygen atoms in total. The van der Waals surface area contributed by atoms with Gasteiger partial charge in [0.1, 0.15) is 11.6 Å². The Morgan fingerprint density at radius 3 is 2.70 bits per heavy atom. The van der Waals surface area contributed by atoms with Crippen LogP contribution in [0, 0.1) is 29.4 Å². The Kier molecular flexibility index (Phi) is 7.28. The average Bonchev–Trinajstić information content (AvgIpc) is 2.75. The van der Waals surface area contributed by atoms with E-state index in [2.05, 4.69) is 13.5 Å². The molecule has 2 saturated carbocycles. The molecule has 2 fully saturated rings. The highest BCUT2D eigenvalue weighted by molar-refractivity contribution is 5.39. The largest absolute Gasteiger partial charge is 0.374 e. The van der Waals surface area contributed by atoms with Crippen molar-refractivity contribution in [3.05, 3.63) is 47.0 Å². The summed E-state index contributed by atoms with van der Waals surface area (Å²) in [7, 11) is 0. The van der Waals surface area contributed by atoms with E-state index in [0.29, 0.717) is 36.0 Å². The fourth-order valence-corrected chi connectivity index (χ4v) is 6.52. The summed E-state index contributed by atoms with van der Waals surface area (Å²) in [6.45, 7) is 6.56. The van der Waals surface area contributed by atoms with Gasteiger partial charge in [-0.05, 0) is 98.7 Å². The van der Waals surface area contributed by atoms with Crippen molar-refractivity contribution < 1.29 is 13.5 Å². The molecule has 1 aromatic carbocycles. The number of fused-ring (bicyclic) bond motifs is 2. The predicted molar refractivity (Wildman–Crippen MR) is 119 cm³/mol. The Morgan fingerprint density at radius 1 is 1.10 bits per heavy atom. The highest BCUT2D eigenvalue weighted by Gasteiger charge is 2.38. The van der Waals surface area contributed by atoms with Crippen LogP contribution < -0.4 is 0 Å². The van der Waals surface area contributed by atoms with Crippen molar-refractivity contribution in [1.29, 1.82) is 0 Å². The number of benzene rings is 1. The first-order valence-corrected chi connectivity index (χ1v) is 12.3. The molecule has 0 aromatic heterocycles. The van der Waals surface area contributed by atoms with Gasteiger partial charge in [0, 0.05) is 5.56 Å². The van der Waals surface area contributed by atoms with Crippen molar-refractivity contribution >= 4 is 0 Å². The standard InChI is InChI=1S/C27H38F2O/c1-3-5-6-18-7-12-24-22(14-18)17-25(28)26(27(24)29)21-9-8-20-16-23(30-13-4-2)11-10-19(20)15-21/h4,17-21,23H,2-3,5-16H2,1H3. The Hall–Kier alpha value is -1.22. The molecular formula is C27H38F2O. The van der Waals surface area contributed by atoms with E-state index in [1.54, 1.807) is 6.07 Å². The van der Waals surface area contributed by atoms with Crippen molar-refractivity contribution in [1.82, 2.24) is 0 Å². The molecule has 0 bridgehead atoms. The molecule has 4 rings (SSSR count). The zero-order valence-corrected chi connectivity index (χ0v) is 18.6. The Balaban J connectivity index is 1.45. The predicted octanol–water partition coefficient (Wildman–Crippen LogP) is 7.51. The minimum Gasteiger partial charge on any atom is -0.374 e. The maximum Gasteiger partial charge on any atom is 0.133 e. The second-order valence-corrected chi connectivity index (χ2v) is 10.1. The lowest BCUT2D eigenvalue weighted by Crippen LogP contribution is -2.34. The van der Waals surface area contributed by atoms with Crippen LogP contribution in [0.4, 0.5) is 8.78 Å². The maximum absolute atomic E-state index is 15.5. The van der Waals surface area contributed by atoms with Crippen LogP contribution in [0.25, 0.3) is 0 Å². The highest BCUT2D eigenvalue weighted by atomic mass is 19.1. The van der Waals surface area contributed by atoms with Gasteiger partial charge in [0.25, 0.3) is 0 Å². The summed E-state index contributed by atoms with van der Waals surface area (Å²) in [6, 6.07) is 1.69. The fourth-order valence-electron chi connectivity index (χ4n) is 6.52. The van der Waals surface area contributed by atoms with Gasteiger partial charge in [-0.1, -0.05) is 32.3 Å². The van der Waals surface area contributed by atoms with Crippen molar-refractivity contribution in [3.8, 4) is 0 Å². The summed E-state index contributed by atoms with van der Waals surface area (Å²) < 4.78 is 36.6. The van der Waals surface area contributed by atoms with Crippen molar-refractivity contribution in [2.75, 3.05) is 6.61 Å². The fraction of sp³-hybridized carbons (Fsp3) is 0.704. The molecule has 166 valence electrons. The van der Waals surface area contributed by atoms with Crippen LogP contribution in [0.15, 0.2) is 18.7 Å². The molecule has 30 heavy (non-hydrogen) atoms. The number of hydrogen-bond donors (Lipinski definition) is 0. The Labute approximate surface area is 181 Å². The third-order valence-electron chi connectivity index (χ3n) is 8.15. The van der Waals surface area contributed by atoms with Gasteiger partial charge in [0.05, 0.1) is 12.7 Å². The van der Waals surface area contributed by atoms with E-state index < -0.39 is 0 Å². The molecule has 0 radical (unpaired) electrons. The van der Waals surface area contributed by atoms with E-state index in [0.717, 1.165) is 68.9 Å². The summed E-state index contributed by atoms with van der Waals surface area (Å²) in [5, 5.41) is 0. The van der Waals surface area contributed by atoms with Gasteiger partial charge in [-0.25, -0.2) is 8.78 Å². The first-order chi connectivity index (χ1) is 14.6. The molecule has 0 spiro atoms. The first-order valence-electron chi connectivity index (χ1n) is 12.3. The minimum atomic E-state index is -0.283. The molecule has 3 aliphatic rings. The Bertz CT molecular complexity index is 743. The van der Waals surface area contributed by atoms with E-state index in [-0.39, 0.29) is 17.6 Å². The van der Waals surface area contributed by atoms with E-state index in [4.69, 9.17) is 4.74 Å². The smallest absolute Gasteiger partial charge is 0.133 e. The molecule has 5 atom stereocenters. The molecule has 0 aliphatic heterocycles. The third kappa shape index (κ3) is 4.66. The van der Waals surface area contributed by atoms with Gasteiger partial charge in [-0.3, -0.25) is 0 Å². The molecule has 1 aromatic rings. The topological polar surface area (TPSA) is 9.23 Å². The highest BCUT2D eigenvalue weighted by Crippen LogP contribution is 2.48. The monoisotopic (exact) mass is 416 g/mol. The van der Waals surface area contributed by atoms with Gasteiger partial charge in [0.15, 0.2) is 0 Å². The summed E-state index contributed by atoms with van der Waals surface area (Å²) >= 11 is 0. The van der Waals surface area contributed by atoms with E-state index in [9.17, 15) is 0 Å². The summed E-state index contributed by atoms with van der Waals surface area (Å²) in [5.41, 5.74) is 2.17. The van der Waals surface area contributed by atoms with Gasteiger partial charge in [-0.15, -0.1) is 6.58 Å². The lowest BCUT2D eigenvalue weighted by atomic mass is 9.65. The van der Waals surface area contributed by atoms with Gasteiger partial charge in [0.2, 0.25) is 0 Å². The summed E-state index contributed by atoms with van der Waals surface area (Å²) in [6.07, 6.45) is 14.6. The second-order valence-electron chi connectivity index (χ2n) is 10.1. The number of unbranched alkanes of at least 4 members (excludes halogenated alkanes) is 1. The van der Waals surface area contributed by atoms with Crippen LogP contribution in [0.5, 0.6) is 0 Å². The van der Waals surface area contributed by atoms with Crippen LogP contribution in [-0.2, 0) is 17.6 Å². The van der Waals surface area contributed by atoms with E-state index in [1.807, 2.05) is 6.08 Å². The second kappa shape index (κ2) is 9.94. The normalized spacial score (nSPS) is 31.1. The molecule has 3 heteroatoms. The van der Waals surface area contributed by atoms with Crippen molar-refractivity contribution in [2.24, 2.45) is 17.8 Å². The van der Waals surface area contributed by atoms with E-state index in [1.165, 1.54) is 19.3 Å². The first kappa shape index (κ1) is 22.0. The van der Waals surface area contributed by atoms with Gasteiger partial charge in [-0.2, -0.15) is 0 Å². The number of rotatable bonds is 7. The molecule has 5 unspecified atom stereocenters. The SMILES string of the molecule is C=CCOC1CCC2CC(c3c(F)cc4c(c3F)CCC(CCCC)C4)CCC2C1. The maximum atomic E-state index is 15.5. The lowest BCUT2D eigenvalue weighted by molar-refractivity contribution is -0.00341. The van der Waals surface area contributed by atoms with Gasteiger partial charge >= 0.3 is 0 Å². The molecule has 0 amide bonds. The minimum absolute atomic E-state index is 0.0417. The Morgan fingerprint density at radius 2 is 1.90 bits per heavy atom. The van der Waals surface area contributed by atoms with E-state index >= 15 is 8.78 Å². The molecule has 0 heterocycles. The molecular weight excluding hydrogens is 378 g/mol. The molecule has 0 N–H and O–H groups in total. The van der Waals surface area contributed by atoms with Crippen molar-refractivity contribution in [2.45, 2.75) is 96.0 Å². The average molecular weight is 417 g/mol. The zero-order chi connectivity index (χ0) is 21.1. The van der Waals surface area contributed by atoms with Crippen LogP contribution in [0.1, 0.15) is 93.7 Å². The number of ether oxygens (including phenoxy) is 1. The van der Waals surface area contributed by atoms with Crippen LogP contribution >= 0.6 is 0 Å². The van der Waals surface area contributed by atoms with Crippen LogP contribution in [0.2, 0.25) is 0 Å². The summed E-state index contributed by atoms with van der Waals surface area (Å²) in [5.74, 6) is 1.38. The van der Waals surface area contributed by atoms with Crippen LogP contribution in [0.3, 0.4) is 0 Å². The zero-order valence-electron chi connectivity index (χ0n) is 18.6. The quantitative estimate of drug-likeness (QED) is 0.418. The number of hydrogen-bond acceptors (Lipinski definition) is 1. The third-order valence-corrected chi connectivity index (χ3v) is 8.15.